The van der Waals surface area contributed by atoms with Gasteiger partial charge in [0.2, 0.25) is 0 Å². The Hall–Kier alpha value is -0.930. The summed E-state index contributed by atoms with van der Waals surface area (Å²) >= 11 is 0. The minimum absolute atomic E-state index is 0.242. The van der Waals surface area contributed by atoms with Crippen molar-refractivity contribution in [1.29, 1.82) is 0 Å². The van der Waals surface area contributed by atoms with Gasteiger partial charge in [-0.25, -0.2) is 0 Å². The molecule has 1 unspecified atom stereocenters. The molecule has 1 aromatic heterocycles. The van der Waals surface area contributed by atoms with Gasteiger partial charge in [-0.15, -0.1) is 0 Å². The molecule has 0 bridgehead atoms. The van der Waals surface area contributed by atoms with Crippen LogP contribution in [-0.4, -0.2) is 22.2 Å². The summed E-state index contributed by atoms with van der Waals surface area (Å²) in [4.78, 5) is 4.46. The lowest BCUT2D eigenvalue weighted by Crippen LogP contribution is -2.40. The summed E-state index contributed by atoms with van der Waals surface area (Å²) in [7, 11) is 0. The van der Waals surface area contributed by atoms with Crippen molar-refractivity contribution in [2.24, 2.45) is 5.92 Å². The molecule has 1 heterocycles. The monoisotopic (exact) mass is 262 g/mol. The number of aliphatic hydroxyl groups is 1. The van der Waals surface area contributed by atoms with Crippen molar-refractivity contribution in [2.75, 3.05) is 6.54 Å². The highest BCUT2D eigenvalue weighted by atomic mass is 16.3. The summed E-state index contributed by atoms with van der Waals surface area (Å²) in [5.41, 5.74) is 0.585. The molecule has 0 saturated heterocycles. The number of rotatable bonds is 6. The van der Waals surface area contributed by atoms with Crippen LogP contribution in [0.25, 0.3) is 0 Å². The van der Waals surface area contributed by atoms with E-state index >= 15 is 0 Å². The first-order valence-electron chi connectivity index (χ1n) is 7.46. The predicted octanol–water partition coefficient (Wildman–Crippen LogP) is 3.06. The largest absolute Gasteiger partial charge is 0.389 e. The highest BCUT2D eigenvalue weighted by molar-refractivity contribution is 5.09. The van der Waals surface area contributed by atoms with Crippen LogP contribution in [0.3, 0.4) is 0 Å². The third kappa shape index (κ3) is 4.29. The molecule has 0 amide bonds. The first-order chi connectivity index (χ1) is 9.09. The molecule has 0 aromatic carbocycles. The van der Waals surface area contributed by atoms with Gasteiger partial charge in [0.15, 0.2) is 0 Å². The van der Waals surface area contributed by atoms with Crippen LogP contribution in [0, 0.1) is 5.92 Å². The van der Waals surface area contributed by atoms with Crippen LogP contribution >= 0.6 is 0 Å². The van der Waals surface area contributed by atoms with Gasteiger partial charge in [-0.2, -0.15) is 0 Å². The van der Waals surface area contributed by atoms with Crippen LogP contribution in [0.4, 0.5) is 0 Å². The summed E-state index contributed by atoms with van der Waals surface area (Å²) in [6.07, 6.45) is 7.04. The predicted molar refractivity (Wildman–Crippen MR) is 77.9 cm³/mol. The molecule has 3 nitrogen and oxygen atoms in total. The number of pyridine rings is 1. The number of hydrogen-bond donors (Lipinski definition) is 2. The SMILES string of the molecule is CC(C)CC(NCC1(O)CCCC1)c1ccccn1. The van der Waals surface area contributed by atoms with Crippen molar-refractivity contribution in [3.8, 4) is 0 Å². The minimum Gasteiger partial charge on any atom is -0.389 e. The molecule has 3 heteroatoms. The molecule has 2 rings (SSSR count). The molecule has 106 valence electrons. The maximum absolute atomic E-state index is 10.4. The van der Waals surface area contributed by atoms with Gasteiger partial charge in [0.1, 0.15) is 0 Å². The van der Waals surface area contributed by atoms with Crippen molar-refractivity contribution in [3.05, 3.63) is 30.1 Å². The normalized spacial score (nSPS) is 19.8. The molecular formula is C16H26N2O. The van der Waals surface area contributed by atoms with Gasteiger partial charge in [-0.05, 0) is 37.3 Å². The van der Waals surface area contributed by atoms with Gasteiger partial charge < -0.3 is 10.4 Å². The van der Waals surface area contributed by atoms with E-state index in [1.54, 1.807) is 0 Å². The zero-order chi connectivity index (χ0) is 13.7. The lowest BCUT2D eigenvalue weighted by atomic mass is 9.98. The van der Waals surface area contributed by atoms with Crippen LogP contribution in [0.5, 0.6) is 0 Å². The van der Waals surface area contributed by atoms with Crippen molar-refractivity contribution < 1.29 is 5.11 Å². The maximum atomic E-state index is 10.4. The van der Waals surface area contributed by atoms with Crippen LogP contribution in [0.15, 0.2) is 24.4 Å². The Morgan fingerprint density at radius 2 is 2.05 bits per heavy atom. The zero-order valence-electron chi connectivity index (χ0n) is 12.1. The first kappa shape index (κ1) is 14.5. The topological polar surface area (TPSA) is 45.1 Å². The molecule has 1 saturated carbocycles. The summed E-state index contributed by atoms with van der Waals surface area (Å²) in [6, 6.07) is 6.28. The number of nitrogens with zero attached hydrogens (tertiary/aromatic N) is 1. The van der Waals surface area contributed by atoms with Gasteiger partial charge in [0.25, 0.3) is 0 Å². The second-order valence-electron chi connectivity index (χ2n) is 6.25. The highest BCUT2D eigenvalue weighted by Gasteiger charge is 2.31. The third-order valence-electron chi connectivity index (χ3n) is 3.96. The maximum Gasteiger partial charge on any atom is 0.0771 e. The molecule has 0 radical (unpaired) electrons. The molecule has 1 fully saturated rings. The third-order valence-corrected chi connectivity index (χ3v) is 3.96. The molecule has 1 aliphatic rings. The number of hydrogen-bond acceptors (Lipinski definition) is 3. The van der Waals surface area contributed by atoms with E-state index in [0.717, 1.165) is 37.8 Å². The smallest absolute Gasteiger partial charge is 0.0771 e. The Morgan fingerprint density at radius 1 is 1.32 bits per heavy atom. The Bertz CT molecular complexity index is 372. The fourth-order valence-electron chi connectivity index (χ4n) is 2.89. The summed E-state index contributed by atoms with van der Waals surface area (Å²) < 4.78 is 0. The minimum atomic E-state index is -0.496. The number of nitrogens with one attached hydrogen (secondary N) is 1. The van der Waals surface area contributed by atoms with Gasteiger partial charge in [0.05, 0.1) is 11.3 Å². The Labute approximate surface area is 116 Å². The van der Waals surface area contributed by atoms with Gasteiger partial charge in [-0.3, -0.25) is 4.98 Å². The van der Waals surface area contributed by atoms with E-state index in [-0.39, 0.29) is 6.04 Å². The summed E-state index contributed by atoms with van der Waals surface area (Å²) in [5, 5.41) is 14.0. The van der Waals surface area contributed by atoms with Crippen LogP contribution in [0.2, 0.25) is 0 Å². The van der Waals surface area contributed by atoms with Crippen LogP contribution < -0.4 is 5.32 Å². The van der Waals surface area contributed by atoms with Gasteiger partial charge in [-0.1, -0.05) is 32.8 Å². The van der Waals surface area contributed by atoms with E-state index < -0.39 is 5.60 Å². The lowest BCUT2D eigenvalue weighted by molar-refractivity contribution is 0.0439. The quantitative estimate of drug-likeness (QED) is 0.828. The lowest BCUT2D eigenvalue weighted by Gasteiger charge is -2.27. The average molecular weight is 262 g/mol. The van der Waals surface area contributed by atoms with Crippen molar-refractivity contribution >= 4 is 0 Å². The fraction of sp³-hybridized carbons (Fsp3) is 0.688. The van der Waals surface area contributed by atoms with E-state index in [9.17, 15) is 5.11 Å². The summed E-state index contributed by atoms with van der Waals surface area (Å²) in [5.74, 6) is 0.609. The first-order valence-corrected chi connectivity index (χ1v) is 7.46. The van der Waals surface area contributed by atoms with Crippen molar-refractivity contribution in [1.82, 2.24) is 10.3 Å². The summed E-state index contributed by atoms with van der Waals surface area (Å²) in [6.45, 7) is 5.13. The van der Waals surface area contributed by atoms with Crippen molar-refractivity contribution in [2.45, 2.75) is 57.6 Å². The fourth-order valence-corrected chi connectivity index (χ4v) is 2.89. The van der Waals surface area contributed by atoms with Crippen LogP contribution in [-0.2, 0) is 0 Å². The highest BCUT2D eigenvalue weighted by Crippen LogP contribution is 2.30. The molecule has 1 atom stereocenters. The molecule has 2 N–H and O–H groups in total. The van der Waals surface area contributed by atoms with Gasteiger partial charge >= 0.3 is 0 Å². The molecule has 19 heavy (non-hydrogen) atoms. The Morgan fingerprint density at radius 3 is 2.63 bits per heavy atom. The molecule has 0 aliphatic heterocycles. The van der Waals surface area contributed by atoms with Crippen molar-refractivity contribution in [3.63, 3.8) is 0 Å². The zero-order valence-corrected chi connectivity index (χ0v) is 12.1. The average Bonchev–Trinajstić information content (AvgIpc) is 2.83. The van der Waals surface area contributed by atoms with Crippen LogP contribution in [0.1, 0.15) is 57.7 Å². The van der Waals surface area contributed by atoms with E-state index in [4.69, 9.17) is 0 Å². The standard InChI is InChI=1S/C16H26N2O/c1-13(2)11-15(14-7-3-6-10-17-14)18-12-16(19)8-4-5-9-16/h3,6-7,10,13,15,18-19H,4-5,8-9,11-12H2,1-2H3. The molecular weight excluding hydrogens is 236 g/mol. The molecule has 1 aromatic rings. The Balaban J connectivity index is 1.98. The van der Waals surface area contributed by atoms with E-state index in [2.05, 4.69) is 30.2 Å². The molecule has 0 spiro atoms. The van der Waals surface area contributed by atoms with E-state index in [1.807, 2.05) is 18.3 Å². The molecule has 1 aliphatic carbocycles. The Kier molecular flexibility index (Phi) is 4.94. The van der Waals surface area contributed by atoms with Gasteiger partial charge in [0, 0.05) is 18.8 Å². The second-order valence-corrected chi connectivity index (χ2v) is 6.25. The second kappa shape index (κ2) is 6.49. The van der Waals surface area contributed by atoms with E-state index in [1.165, 1.54) is 0 Å². The number of aromatic nitrogens is 1. The van der Waals surface area contributed by atoms with E-state index in [0.29, 0.717) is 12.5 Å².